The highest BCUT2D eigenvalue weighted by atomic mass is 32.1. The molecule has 4 rings (SSSR count). The molecule has 1 amide bonds. The number of thiazole rings is 1. The van der Waals surface area contributed by atoms with Gasteiger partial charge in [-0.05, 0) is 49.6 Å². The molecule has 0 atom stereocenters. The maximum atomic E-state index is 12.6. The van der Waals surface area contributed by atoms with Gasteiger partial charge >= 0.3 is 5.97 Å². The monoisotopic (exact) mass is 436 g/mol. The Balaban J connectivity index is 1.24. The highest BCUT2D eigenvalue weighted by Gasteiger charge is 2.25. The molecule has 3 aromatic rings. The van der Waals surface area contributed by atoms with Crippen LogP contribution in [0.1, 0.15) is 23.4 Å². The van der Waals surface area contributed by atoms with Crippen molar-refractivity contribution < 1.29 is 19.1 Å². The van der Waals surface area contributed by atoms with Gasteiger partial charge in [0.15, 0.2) is 6.61 Å². The highest BCUT2D eigenvalue weighted by Crippen LogP contribution is 2.32. The molecule has 31 heavy (non-hydrogen) atoms. The standard InChI is InChI=1S/C24H24N2O4S/c1-17-25-21(16-31-17)18-9-10-22-19(14-18)11-12-26(22)23(27)15-30-24(28)8-5-13-29-20-6-3-2-4-7-20/h2-4,6-7,9-10,14,16H,5,8,11-13,15H2,1H3. The second-order valence-electron chi connectivity index (χ2n) is 7.32. The minimum absolute atomic E-state index is 0.204. The van der Waals surface area contributed by atoms with Crippen LogP contribution in [-0.4, -0.2) is 36.6 Å². The van der Waals surface area contributed by atoms with Crippen LogP contribution in [0.3, 0.4) is 0 Å². The van der Waals surface area contributed by atoms with Crippen molar-refractivity contribution >= 4 is 28.9 Å². The molecule has 0 radical (unpaired) electrons. The van der Waals surface area contributed by atoms with Crippen LogP contribution in [0.25, 0.3) is 11.3 Å². The second kappa shape index (κ2) is 9.75. The van der Waals surface area contributed by atoms with E-state index in [4.69, 9.17) is 9.47 Å². The van der Waals surface area contributed by atoms with Crippen LogP contribution in [0.2, 0.25) is 0 Å². The van der Waals surface area contributed by atoms with Gasteiger partial charge in [-0.2, -0.15) is 0 Å². The van der Waals surface area contributed by atoms with Crippen LogP contribution >= 0.6 is 11.3 Å². The zero-order chi connectivity index (χ0) is 21.6. The van der Waals surface area contributed by atoms with Gasteiger partial charge in [0.25, 0.3) is 5.91 Å². The van der Waals surface area contributed by atoms with Crippen LogP contribution in [0, 0.1) is 6.92 Å². The third-order valence-corrected chi connectivity index (χ3v) is 5.86. The van der Waals surface area contributed by atoms with Gasteiger partial charge in [0.2, 0.25) is 0 Å². The summed E-state index contributed by atoms with van der Waals surface area (Å²) in [4.78, 5) is 30.8. The minimum atomic E-state index is -0.390. The van der Waals surface area contributed by atoms with Crippen molar-refractivity contribution in [3.63, 3.8) is 0 Å². The summed E-state index contributed by atoms with van der Waals surface area (Å²) in [6.45, 7) is 2.76. The molecule has 0 aliphatic carbocycles. The molecular weight excluding hydrogens is 412 g/mol. The molecule has 0 saturated carbocycles. The quantitative estimate of drug-likeness (QED) is 0.386. The molecule has 1 aromatic heterocycles. The Morgan fingerprint density at radius 3 is 2.77 bits per heavy atom. The van der Waals surface area contributed by atoms with Crippen LogP contribution in [0.15, 0.2) is 53.9 Å². The Bertz CT molecular complexity index is 1060. The fraction of sp³-hybridized carbons (Fsp3) is 0.292. The van der Waals surface area contributed by atoms with Crippen molar-refractivity contribution in [2.45, 2.75) is 26.2 Å². The molecule has 1 aliphatic heterocycles. The van der Waals surface area contributed by atoms with Gasteiger partial charge in [-0.15, -0.1) is 11.3 Å². The largest absolute Gasteiger partial charge is 0.494 e. The van der Waals surface area contributed by atoms with Gasteiger partial charge in [0, 0.05) is 29.6 Å². The summed E-state index contributed by atoms with van der Waals surface area (Å²) in [6, 6.07) is 15.5. The van der Waals surface area contributed by atoms with Crippen molar-refractivity contribution in [2.24, 2.45) is 0 Å². The van der Waals surface area contributed by atoms with Crippen LogP contribution in [-0.2, 0) is 20.7 Å². The zero-order valence-corrected chi connectivity index (χ0v) is 18.2. The van der Waals surface area contributed by atoms with Gasteiger partial charge in [0.05, 0.1) is 17.3 Å². The number of esters is 1. The van der Waals surface area contributed by atoms with E-state index in [1.165, 1.54) is 0 Å². The molecule has 160 valence electrons. The summed E-state index contributed by atoms with van der Waals surface area (Å²) in [5, 5.41) is 3.07. The predicted molar refractivity (Wildman–Crippen MR) is 120 cm³/mol. The van der Waals surface area contributed by atoms with Gasteiger partial charge in [-0.3, -0.25) is 9.59 Å². The van der Waals surface area contributed by atoms with Crippen molar-refractivity contribution in [1.29, 1.82) is 0 Å². The van der Waals surface area contributed by atoms with E-state index < -0.39 is 5.97 Å². The first-order valence-corrected chi connectivity index (χ1v) is 11.2. The number of fused-ring (bicyclic) bond motifs is 1. The number of nitrogens with zero attached hydrogens (tertiary/aromatic N) is 2. The van der Waals surface area contributed by atoms with E-state index in [2.05, 4.69) is 11.1 Å². The Kier molecular flexibility index (Phi) is 6.62. The topological polar surface area (TPSA) is 68.7 Å². The van der Waals surface area contributed by atoms with Crippen molar-refractivity contribution in [2.75, 3.05) is 24.7 Å². The molecule has 6 nitrogen and oxygen atoms in total. The van der Waals surface area contributed by atoms with Crippen LogP contribution in [0.4, 0.5) is 5.69 Å². The van der Waals surface area contributed by atoms with Gasteiger partial charge in [-0.1, -0.05) is 24.3 Å². The Labute approximate surface area is 185 Å². The minimum Gasteiger partial charge on any atom is -0.494 e. The van der Waals surface area contributed by atoms with Crippen molar-refractivity contribution in [3.05, 3.63) is 64.5 Å². The molecule has 0 bridgehead atoms. The molecule has 0 unspecified atom stereocenters. The van der Waals surface area contributed by atoms with E-state index in [0.717, 1.165) is 39.7 Å². The lowest BCUT2D eigenvalue weighted by Gasteiger charge is -2.17. The molecule has 0 fully saturated rings. The number of carbonyl (C=O) groups is 2. The van der Waals surface area contributed by atoms with E-state index >= 15 is 0 Å². The van der Waals surface area contributed by atoms with E-state index in [-0.39, 0.29) is 18.9 Å². The summed E-state index contributed by atoms with van der Waals surface area (Å²) in [5.74, 6) is 0.176. The molecule has 0 N–H and O–H groups in total. The number of ether oxygens (including phenoxy) is 2. The molecule has 2 heterocycles. The summed E-state index contributed by atoms with van der Waals surface area (Å²) in [7, 11) is 0. The van der Waals surface area contributed by atoms with E-state index in [9.17, 15) is 9.59 Å². The number of carbonyl (C=O) groups excluding carboxylic acids is 2. The van der Waals surface area contributed by atoms with E-state index in [1.54, 1.807) is 16.2 Å². The lowest BCUT2D eigenvalue weighted by Crippen LogP contribution is -2.33. The Morgan fingerprint density at radius 2 is 2.00 bits per heavy atom. The summed E-state index contributed by atoms with van der Waals surface area (Å²) in [6.07, 6.45) is 1.53. The average Bonchev–Trinajstić information content (AvgIpc) is 3.41. The number of hydrogen-bond donors (Lipinski definition) is 0. The summed E-state index contributed by atoms with van der Waals surface area (Å²) >= 11 is 1.62. The Hall–Kier alpha value is -3.19. The molecule has 2 aromatic carbocycles. The second-order valence-corrected chi connectivity index (χ2v) is 8.38. The van der Waals surface area contributed by atoms with Gasteiger partial charge in [-0.25, -0.2) is 4.98 Å². The average molecular weight is 437 g/mol. The van der Waals surface area contributed by atoms with Gasteiger partial charge in [0.1, 0.15) is 5.75 Å². The number of aromatic nitrogens is 1. The highest BCUT2D eigenvalue weighted by molar-refractivity contribution is 7.09. The number of aryl methyl sites for hydroxylation is 1. The summed E-state index contributed by atoms with van der Waals surface area (Å²) in [5.41, 5.74) is 4.01. The van der Waals surface area contributed by atoms with E-state index in [0.29, 0.717) is 19.6 Å². The molecule has 7 heteroatoms. The number of hydrogen-bond acceptors (Lipinski definition) is 6. The first-order chi connectivity index (χ1) is 15.1. The molecule has 0 spiro atoms. The first-order valence-electron chi connectivity index (χ1n) is 10.3. The first kappa shape index (κ1) is 21.1. The fourth-order valence-electron chi connectivity index (χ4n) is 3.53. The van der Waals surface area contributed by atoms with E-state index in [1.807, 2.05) is 54.8 Å². The lowest BCUT2D eigenvalue weighted by molar-refractivity contribution is -0.148. The number of amides is 1. The Morgan fingerprint density at radius 1 is 1.16 bits per heavy atom. The maximum Gasteiger partial charge on any atom is 0.306 e. The predicted octanol–water partition coefficient (Wildman–Crippen LogP) is 4.41. The third-order valence-electron chi connectivity index (χ3n) is 5.08. The molecule has 1 aliphatic rings. The molecule has 0 saturated heterocycles. The zero-order valence-electron chi connectivity index (χ0n) is 17.4. The lowest BCUT2D eigenvalue weighted by atomic mass is 10.1. The van der Waals surface area contributed by atoms with Crippen LogP contribution < -0.4 is 9.64 Å². The SMILES string of the molecule is Cc1nc(-c2ccc3c(c2)CCN3C(=O)COC(=O)CCCOc2ccccc2)cs1. The van der Waals surface area contributed by atoms with Crippen molar-refractivity contribution in [3.8, 4) is 17.0 Å². The molecular formula is C24H24N2O4S. The smallest absolute Gasteiger partial charge is 0.306 e. The maximum absolute atomic E-state index is 12.6. The number of para-hydroxylation sites is 1. The number of benzene rings is 2. The number of anilines is 1. The fourth-order valence-corrected chi connectivity index (χ4v) is 4.15. The third kappa shape index (κ3) is 5.30. The van der Waals surface area contributed by atoms with Crippen LogP contribution in [0.5, 0.6) is 5.75 Å². The van der Waals surface area contributed by atoms with Crippen molar-refractivity contribution in [1.82, 2.24) is 4.98 Å². The normalized spacial score (nSPS) is 12.5. The summed E-state index contributed by atoms with van der Waals surface area (Å²) < 4.78 is 10.7. The number of rotatable bonds is 8. The van der Waals surface area contributed by atoms with Gasteiger partial charge < -0.3 is 14.4 Å².